The van der Waals surface area contributed by atoms with Gasteiger partial charge in [0.2, 0.25) is 5.91 Å². The molecule has 7 heteroatoms. The molecule has 4 aromatic rings. The van der Waals surface area contributed by atoms with E-state index >= 15 is 0 Å². The lowest BCUT2D eigenvalue weighted by Crippen LogP contribution is -2.15. The standard InChI is InChI=1S/C28H27N3O3S/c1-2-3-17-34-27(33)22-15-10-16-23(18-22)29-24(32)19-35-28-30-25(20-11-6-4-7-12-20)26(31-28)21-13-8-5-9-14-21/h4-16,18H,2-3,17,19H2,1H3,(H,29,32)(H,30,31). The Kier molecular flexibility index (Phi) is 8.35. The van der Waals surface area contributed by atoms with E-state index in [0.717, 1.165) is 35.4 Å². The highest BCUT2D eigenvalue weighted by Gasteiger charge is 2.16. The van der Waals surface area contributed by atoms with Crippen LogP contribution in [0.2, 0.25) is 0 Å². The molecular weight excluding hydrogens is 458 g/mol. The van der Waals surface area contributed by atoms with Crippen molar-refractivity contribution in [3.63, 3.8) is 0 Å². The molecule has 0 atom stereocenters. The van der Waals surface area contributed by atoms with Gasteiger partial charge in [0.05, 0.1) is 29.3 Å². The van der Waals surface area contributed by atoms with Crippen LogP contribution in [0, 0.1) is 0 Å². The molecule has 6 nitrogen and oxygen atoms in total. The van der Waals surface area contributed by atoms with E-state index < -0.39 is 0 Å². The lowest BCUT2D eigenvalue weighted by molar-refractivity contribution is -0.113. The molecule has 0 unspecified atom stereocenters. The van der Waals surface area contributed by atoms with Crippen molar-refractivity contribution < 1.29 is 14.3 Å². The Morgan fingerprint density at radius 3 is 2.37 bits per heavy atom. The molecule has 0 radical (unpaired) electrons. The van der Waals surface area contributed by atoms with Gasteiger partial charge in [-0.25, -0.2) is 9.78 Å². The fourth-order valence-electron chi connectivity index (χ4n) is 3.49. The van der Waals surface area contributed by atoms with Crippen LogP contribution >= 0.6 is 11.8 Å². The Labute approximate surface area is 209 Å². The van der Waals surface area contributed by atoms with E-state index in [1.807, 2.05) is 67.6 Å². The van der Waals surface area contributed by atoms with Crippen molar-refractivity contribution in [1.29, 1.82) is 0 Å². The largest absolute Gasteiger partial charge is 0.462 e. The fourth-order valence-corrected chi connectivity index (χ4v) is 4.16. The average molecular weight is 486 g/mol. The van der Waals surface area contributed by atoms with Crippen LogP contribution in [-0.4, -0.2) is 34.2 Å². The van der Waals surface area contributed by atoms with Crippen LogP contribution in [0.4, 0.5) is 5.69 Å². The lowest BCUT2D eigenvalue weighted by Gasteiger charge is -2.07. The maximum absolute atomic E-state index is 12.6. The molecular formula is C28H27N3O3S. The molecule has 1 aromatic heterocycles. The average Bonchev–Trinajstić information content (AvgIpc) is 3.33. The number of rotatable bonds is 10. The van der Waals surface area contributed by atoms with Crippen LogP contribution < -0.4 is 5.32 Å². The van der Waals surface area contributed by atoms with Crippen molar-refractivity contribution in [2.24, 2.45) is 0 Å². The quantitative estimate of drug-likeness (QED) is 0.154. The minimum Gasteiger partial charge on any atom is -0.462 e. The summed E-state index contributed by atoms with van der Waals surface area (Å²) in [6.45, 7) is 2.43. The Bertz CT molecular complexity index is 1220. The van der Waals surface area contributed by atoms with E-state index in [2.05, 4.69) is 10.3 Å². The van der Waals surface area contributed by atoms with Crippen LogP contribution in [-0.2, 0) is 9.53 Å². The molecule has 2 N–H and O–H groups in total. The molecule has 4 rings (SSSR count). The number of carbonyl (C=O) groups is 2. The van der Waals surface area contributed by atoms with Gasteiger partial charge in [0, 0.05) is 16.8 Å². The second-order valence-electron chi connectivity index (χ2n) is 7.90. The molecule has 3 aromatic carbocycles. The number of nitrogens with zero attached hydrogens (tertiary/aromatic N) is 1. The number of esters is 1. The van der Waals surface area contributed by atoms with Gasteiger partial charge in [-0.15, -0.1) is 0 Å². The maximum atomic E-state index is 12.6. The minimum atomic E-state index is -0.388. The zero-order chi connectivity index (χ0) is 24.5. The predicted octanol–water partition coefficient (Wildman–Crippen LogP) is 6.43. The summed E-state index contributed by atoms with van der Waals surface area (Å²) in [6, 6.07) is 26.8. The first-order valence-electron chi connectivity index (χ1n) is 11.5. The molecule has 0 aliphatic heterocycles. The molecule has 35 heavy (non-hydrogen) atoms. The molecule has 0 saturated heterocycles. The van der Waals surface area contributed by atoms with Crippen molar-refractivity contribution in [1.82, 2.24) is 9.97 Å². The number of hydrogen-bond acceptors (Lipinski definition) is 5. The van der Waals surface area contributed by atoms with Gasteiger partial charge >= 0.3 is 5.97 Å². The fraction of sp³-hybridized carbons (Fsp3) is 0.179. The van der Waals surface area contributed by atoms with Gasteiger partial charge in [-0.3, -0.25) is 4.79 Å². The number of thioether (sulfide) groups is 1. The SMILES string of the molecule is CCCCOC(=O)c1cccc(NC(=O)CSc2nc(-c3ccccc3)c(-c3ccccc3)[nH]2)c1. The lowest BCUT2D eigenvalue weighted by atomic mass is 10.1. The number of H-pyrrole nitrogens is 1. The first-order valence-corrected chi connectivity index (χ1v) is 12.5. The third-order valence-corrected chi connectivity index (χ3v) is 6.12. The number of carbonyl (C=O) groups excluding carboxylic acids is 2. The molecule has 0 bridgehead atoms. The number of nitrogens with one attached hydrogen (secondary N) is 2. The van der Waals surface area contributed by atoms with Crippen LogP contribution in [0.5, 0.6) is 0 Å². The summed E-state index contributed by atoms with van der Waals surface area (Å²) in [5.74, 6) is -0.409. The molecule has 0 aliphatic carbocycles. The van der Waals surface area contributed by atoms with Gasteiger partial charge in [-0.05, 0) is 24.6 Å². The second-order valence-corrected chi connectivity index (χ2v) is 8.87. The third kappa shape index (κ3) is 6.61. The third-order valence-electron chi connectivity index (χ3n) is 5.24. The van der Waals surface area contributed by atoms with Crippen molar-refractivity contribution >= 4 is 29.3 Å². The molecule has 0 spiro atoms. The number of imidazole rings is 1. The number of ether oxygens (including phenoxy) is 1. The minimum absolute atomic E-state index is 0.168. The van der Waals surface area contributed by atoms with E-state index in [1.165, 1.54) is 11.8 Å². The summed E-state index contributed by atoms with van der Waals surface area (Å²) in [4.78, 5) is 33.0. The van der Waals surface area contributed by atoms with Crippen molar-refractivity contribution in [3.05, 3.63) is 90.5 Å². The molecule has 1 amide bonds. The molecule has 1 heterocycles. The number of hydrogen-bond donors (Lipinski definition) is 2. The Morgan fingerprint density at radius 2 is 1.66 bits per heavy atom. The predicted molar refractivity (Wildman–Crippen MR) is 140 cm³/mol. The molecule has 0 aliphatic rings. The summed E-state index contributed by atoms with van der Waals surface area (Å²) < 4.78 is 5.25. The number of unbranched alkanes of at least 4 members (excludes halogenated alkanes) is 1. The summed E-state index contributed by atoms with van der Waals surface area (Å²) in [7, 11) is 0. The van der Waals surface area contributed by atoms with Crippen LogP contribution in [0.3, 0.4) is 0 Å². The van der Waals surface area contributed by atoms with Gasteiger partial charge in [0.15, 0.2) is 5.16 Å². The van der Waals surface area contributed by atoms with Gasteiger partial charge in [0.1, 0.15) is 0 Å². The highest BCUT2D eigenvalue weighted by molar-refractivity contribution is 7.99. The first-order chi connectivity index (χ1) is 17.1. The van der Waals surface area contributed by atoms with E-state index in [-0.39, 0.29) is 17.6 Å². The monoisotopic (exact) mass is 485 g/mol. The number of benzene rings is 3. The molecule has 0 fully saturated rings. The van der Waals surface area contributed by atoms with Crippen molar-refractivity contribution in [2.75, 3.05) is 17.7 Å². The summed E-state index contributed by atoms with van der Waals surface area (Å²) in [5.41, 5.74) is 4.75. The first kappa shape index (κ1) is 24.3. The summed E-state index contributed by atoms with van der Waals surface area (Å²) in [5, 5.41) is 3.51. The van der Waals surface area contributed by atoms with Gasteiger partial charge in [-0.1, -0.05) is 91.8 Å². The highest BCUT2D eigenvalue weighted by Crippen LogP contribution is 2.32. The van der Waals surface area contributed by atoms with E-state index in [9.17, 15) is 9.59 Å². The van der Waals surface area contributed by atoms with E-state index in [0.29, 0.717) is 23.0 Å². The molecule has 0 saturated carbocycles. The van der Waals surface area contributed by atoms with Crippen LogP contribution in [0.25, 0.3) is 22.5 Å². The number of amides is 1. The van der Waals surface area contributed by atoms with Crippen molar-refractivity contribution in [2.45, 2.75) is 24.9 Å². The normalized spacial score (nSPS) is 10.7. The van der Waals surface area contributed by atoms with Crippen molar-refractivity contribution in [3.8, 4) is 22.5 Å². The zero-order valence-electron chi connectivity index (χ0n) is 19.5. The number of anilines is 1. The van der Waals surface area contributed by atoms with E-state index in [1.54, 1.807) is 24.3 Å². The Balaban J connectivity index is 1.43. The Hall–Kier alpha value is -3.84. The van der Waals surface area contributed by atoms with E-state index in [4.69, 9.17) is 9.72 Å². The van der Waals surface area contributed by atoms with Gasteiger partial charge in [0.25, 0.3) is 0 Å². The summed E-state index contributed by atoms with van der Waals surface area (Å²) >= 11 is 1.33. The van der Waals surface area contributed by atoms with Gasteiger partial charge < -0.3 is 15.0 Å². The Morgan fingerprint density at radius 1 is 0.943 bits per heavy atom. The maximum Gasteiger partial charge on any atom is 0.338 e. The number of aromatic amines is 1. The topological polar surface area (TPSA) is 84.1 Å². The zero-order valence-corrected chi connectivity index (χ0v) is 20.3. The highest BCUT2D eigenvalue weighted by atomic mass is 32.2. The smallest absolute Gasteiger partial charge is 0.338 e. The number of aromatic nitrogens is 2. The molecule has 178 valence electrons. The van der Waals surface area contributed by atoms with Gasteiger partial charge in [-0.2, -0.15) is 0 Å². The van der Waals surface area contributed by atoms with Crippen LogP contribution in [0.1, 0.15) is 30.1 Å². The second kappa shape index (κ2) is 12.0. The summed E-state index contributed by atoms with van der Waals surface area (Å²) in [6.07, 6.45) is 1.78. The van der Waals surface area contributed by atoms with Crippen LogP contribution in [0.15, 0.2) is 90.1 Å².